The molecule has 0 saturated carbocycles. The molecule has 5 unspecified atom stereocenters. The Morgan fingerprint density at radius 1 is 1.13 bits per heavy atom. The number of nitrogens with two attached hydrogens (primary N) is 3. The van der Waals surface area contributed by atoms with E-state index >= 15 is 0 Å². The van der Waals surface area contributed by atoms with Gasteiger partial charge in [0.2, 0.25) is 17.7 Å². The molecule has 1 aromatic carbocycles. The smallest absolute Gasteiger partial charge is 0.326 e. The van der Waals surface area contributed by atoms with E-state index in [0.717, 1.165) is 0 Å². The second kappa shape index (κ2) is 14.9. The number of phenols is 1. The molecule has 0 aliphatic carbocycles. The maximum absolute atomic E-state index is 13.4. The van der Waals surface area contributed by atoms with Crippen LogP contribution in [-0.2, 0) is 25.6 Å². The van der Waals surface area contributed by atoms with Crippen molar-refractivity contribution in [2.45, 2.75) is 76.5 Å². The summed E-state index contributed by atoms with van der Waals surface area (Å²) < 4.78 is 0. The van der Waals surface area contributed by atoms with Crippen molar-refractivity contribution in [3.63, 3.8) is 0 Å². The van der Waals surface area contributed by atoms with E-state index in [2.05, 4.69) is 15.6 Å². The largest absolute Gasteiger partial charge is 0.508 e. The van der Waals surface area contributed by atoms with Crippen molar-refractivity contribution >= 4 is 29.7 Å². The number of nitrogens with one attached hydrogen (secondary N) is 2. The molecule has 39 heavy (non-hydrogen) atoms. The van der Waals surface area contributed by atoms with Gasteiger partial charge in [0.25, 0.3) is 0 Å². The van der Waals surface area contributed by atoms with Gasteiger partial charge < -0.3 is 42.9 Å². The Labute approximate surface area is 228 Å². The first kappa shape index (κ1) is 31.3. The highest BCUT2D eigenvalue weighted by atomic mass is 16.4. The number of rotatable bonds is 14. The fourth-order valence-electron chi connectivity index (χ4n) is 4.37. The molecule has 5 atom stereocenters. The number of nitrogens with zero attached hydrogens (tertiary/aromatic N) is 2. The molecule has 1 saturated heterocycles. The number of benzene rings is 1. The number of phenolic OH excluding ortho intramolecular Hbond substituents is 1. The first-order valence-corrected chi connectivity index (χ1v) is 13.2. The van der Waals surface area contributed by atoms with Crippen LogP contribution in [0, 0.1) is 5.92 Å². The molecule has 3 amide bonds. The first-order chi connectivity index (χ1) is 18.4. The minimum Gasteiger partial charge on any atom is -0.508 e. The molecule has 10 N–H and O–H groups in total. The molecular formula is C26H41N7O6. The van der Waals surface area contributed by atoms with Crippen LogP contribution in [0.1, 0.15) is 51.5 Å². The molecule has 1 fully saturated rings. The lowest BCUT2D eigenvalue weighted by Crippen LogP contribution is -2.57. The minimum absolute atomic E-state index is 0.0330. The third kappa shape index (κ3) is 9.43. The number of aromatic hydroxyl groups is 1. The van der Waals surface area contributed by atoms with Crippen LogP contribution in [0.15, 0.2) is 29.3 Å². The van der Waals surface area contributed by atoms with Crippen LogP contribution in [0.5, 0.6) is 5.75 Å². The van der Waals surface area contributed by atoms with E-state index in [0.29, 0.717) is 37.8 Å². The zero-order valence-corrected chi connectivity index (χ0v) is 22.5. The summed E-state index contributed by atoms with van der Waals surface area (Å²) in [7, 11) is 0. The summed E-state index contributed by atoms with van der Waals surface area (Å²) in [6.07, 6.45) is 2.15. The number of guanidine groups is 1. The Kier molecular flexibility index (Phi) is 12.0. The Hall–Kier alpha value is -3.87. The van der Waals surface area contributed by atoms with Crippen LogP contribution in [0.25, 0.3) is 0 Å². The van der Waals surface area contributed by atoms with Crippen molar-refractivity contribution in [3.05, 3.63) is 29.8 Å². The highest BCUT2D eigenvalue weighted by Gasteiger charge is 2.38. The lowest BCUT2D eigenvalue weighted by Gasteiger charge is -2.30. The van der Waals surface area contributed by atoms with Crippen LogP contribution < -0.4 is 27.8 Å². The third-order valence-corrected chi connectivity index (χ3v) is 6.95. The van der Waals surface area contributed by atoms with Gasteiger partial charge in [-0.05, 0) is 49.3 Å². The number of amides is 3. The van der Waals surface area contributed by atoms with E-state index in [1.807, 2.05) is 13.8 Å². The van der Waals surface area contributed by atoms with Gasteiger partial charge >= 0.3 is 5.97 Å². The molecule has 0 aromatic heterocycles. The van der Waals surface area contributed by atoms with Gasteiger partial charge in [-0.25, -0.2) is 4.79 Å². The lowest BCUT2D eigenvalue weighted by atomic mass is 9.98. The molecule has 13 heteroatoms. The fraction of sp³-hybridized carbons (Fsp3) is 0.577. The number of carbonyl (C=O) groups excluding carboxylic acids is 3. The zero-order chi connectivity index (χ0) is 29.1. The van der Waals surface area contributed by atoms with Crippen LogP contribution in [-0.4, -0.2) is 82.0 Å². The Bertz CT molecular complexity index is 1030. The molecule has 0 bridgehead atoms. The van der Waals surface area contributed by atoms with Gasteiger partial charge in [-0.2, -0.15) is 0 Å². The molecule has 0 radical (unpaired) electrons. The van der Waals surface area contributed by atoms with Gasteiger partial charge in [-0.3, -0.25) is 19.4 Å². The molecule has 13 nitrogen and oxygen atoms in total. The summed E-state index contributed by atoms with van der Waals surface area (Å²) >= 11 is 0. The summed E-state index contributed by atoms with van der Waals surface area (Å²) in [5.41, 5.74) is 17.4. The molecule has 1 heterocycles. The van der Waals surface area contributed by atoms with Crippen molar-refractivity contribution in [1.82, 2.24) is 15.5 Å². The van der Waals surface area contributed by atoms with E-state index < -0.39 is 42.0 Å². The zero-order valence-electron chi connectivity index (χ0n) is 22.5. The highest BCUT2D eigenvalue weighted by Crippen LogP contribution is 2.21. The van der Waals surface area contributed by atoms with E-state index in [4.69, 9.17) is 17.2 Å². The second-order valence-electron chi connectivity index (χ2n) is 9.88. The van der Waals surface area contributed by atoms with Crippen LogP contribution in [0.2, 0.25) is 0 Å². The second-order valence-corrected chi connectivity index (χ2v) is 9.88. The molecule has 1 aliphatic rings. The minimum atomic E-state index is -1.24. The molecule has 0 spiro atoms. The Balaban J connectivity index is 2.19. The van der Waals surface area contributed by atoms with Crippen molar-refractivity contribution in [1.29, 1.82) is 0 Å². The number of aliphatic carboxylic acids is 1. The maximum Gasteiger partial charge on any atom is 0.326 e. The molecule has 2 rings (SSSR count). The lowest BCUT2D eigenvalue weighted by molar-refractivity contribution is -0.143. The summed E-state index contributed by atoms with van der Waals surface area (Å²) in [6, 6.07) is 2.19. The molecule has 1 aromatic rings. The summed E-state index contributed by atoms with van der Waals surface area (Å²) in [6.45, 7) is 4.39. The Morgan fingerprint density at radius 2 is 1.79 bits per heavy atom. The normalized spacial score (nSPS) is 17.9. The van der Waals surface area contributed by atoms with Gasteiger partial charge in [-0.1, -0.05) is 32.4 Å². The van der Waals surface area contributed by atoms with Crippen LogP contribution in [0.3, 0.4) is 0 Å². The number of hydrogen-bond acceptors (Lipinski definition) is 7. The SMILES string of the molecule is CCC(C)C(N)C(=O)N1CCCC1C(=O)NC(Cc1ccc(O)cc1)C(=O)NC(CCCN=C(N)N)C(=O)O. The van der Waals surface area contributed by atoms with Gasteiger partial charge in [0.15, 0.2) is 5.96 Å². The van der Waals surface area contributed by atoms with Gasteiger partial charge in [0.05, 0.1) is 6.04 Å². The first-order valence-electron chi connectivity index (χ1n) is 13.2. The summed E-state index contributed by atoms with van der Waals surface area (Å²) in [5, 5.41) is 24.4. The monoisotopic (exact) mass is 547 g/mol. The van der Waals surface area contributed by atoms with Crippen LogP contribution >= 0.6 is 0 Å². The van der Waals surface area contributed by atoms with E-state index in [9.17, 15) is 29.4 Å². The summed E-state index contributed by atoms with van der Waals surface area (Å²) in [4.78, 5) is 56.7. The topological polar surface area (TPSA) is 226 Å². The van der Waals surface area contributed by atoms with E-state index in [1.165, 1.54) is 17.0 Å². The third-order valence-electron chi connectivity index (χ3n) is 6.95. The summed E-state index contributed by atoms with van der Waals surface area (Å²) in [5.74, 6) is -2.91. The van der Waals surface area contributed by atoms with Gasteiger partial charge in [-0.15, -0.1) is 0 Å². The van der Waals surface area contributed by atoms with Crippen LogP contribution in [0.4, 0.5) is 0 Å². The quantitative estimate of drug-likeness (QED) is 0.0895. The number of carboxylic acids is 1. The predicted molar refractivity (Wildman–Crippen MR) is 145 cm³/mol. The van der Waals surface area contributed by atoms with E-state index in [1.54, 1.807) is 12.1 Å². The highest BCUT2D eigenvalue weighted by molar-refractivity contribution is 5.94. The average Bonchev–Trinajstić information content (AvgIpc) is 3.39. The van der Waals surface area contributed by atoms with Gasteiger partial charge in [0, 0.05) is 19.5 Å². The maximum atomic E-state index is 13.4. The van der Waals surface area contributed by atoms with Crippen molar-refractivity contribution in [3.8, 4) is 5.75 Å². The number of carboxylic acid groups (broad SMARTS) is 1. The Morgan fingerprint density at radius 3 is 2.38 bits per heavy atom. The number of carbonyl (C=O) groups is 4. The molecule has 1 aliphatic heterocycles. The molecule has 216 valence electrons. The molecular weight excluding hydrogens is 506 g/mol. The standard InChI is InChI=1S/C26H41N7O6/c1-3-15(2)21(27)24(37)33-13-5-7-20(33)23(36)32-19(14-16-8-10-17(34)11-9-16)22(35)31-18(25(38)39)6-4-12-30-26(28)29/h8-11,15,18-21,34H,3-7,12-14,27H2,1-2H3,(H,31,35)(H,32,36)(H,38,39)(H4,28,29,30). The number of aliphatic imine (C=N–C) groups is 1. The van der Waals surface area contributed by atoms with Gasteiger partial charge in [0.1, 0.15) is 23.9 Å². The van der Waals surface area contributed by atoms with Crippen molar-refractivity contribution in [2.75, 3.05) is 13.1 Å². The van der Waals surface area contributed by atoms with Crippen molar-refractivity contribution < 1.29 is 29.4 Å². The number of hydrogen-bond donors (Lipinski definition) is 7. The average molecular weight is 548 g/mol. The van der Waals surface area contributed by atoms with E-state index in [-0.39, 0.29) is 42.9 Å². The van der Waals surface area contributed by atoms with Crippen molar-refractivity contribution in [2.24, 2.45) is 28.1 Å². The number of likely N-dealkylation sites (tertiary alicyclic amines) is 1. The fourth-order valence-corrected chi connectivity index (χ4v) is 4.37. The predicted octanol–water partition coefficient (Wildman–Crippen LogP) is -0.593.